The smallest absolute Gasteiger partial charge is 0.270 e. The lowest BCUT2D eigenvalue weighted by atomic mass is 10.1. The van der Waals surface area contributed by atoms with E-state index in [0.29, 0.717) is 5.56 Å². The van der Waals surface area contributed by atoms with Crippen LogP contribution in [0.5, 0.6) is 0 Å². The van der Waals surface area contributed by atoms with Crippen LogP contribution >= 0.6 is 11.6 Å². The van der Waals surface area contributed by atoms with E-state index in [-0.39, 0.29) is 28.7 Å². The van der Waals surface area contributed by atoms with Crippen LogP contribution in [0.2, 0.25) is 5.02 Å². The highest BCUT2D eigenvalue weighted by atomic mass is 35.5. The third-order valence-electron chi connectivity index (χ3n) is 3.33. The Balaban J connectivity index is 2.09. The van der Waals surface area contributed by atoms with Gasteiger partial charge in [0.25, 0.3) is 5.69 Å². The molecule has 0 atom stereocenters. The van der Waals surface area contributed by atoms with E-state index in [9.17, 15) is 19.3 Å². The molecule has 24 heavy (non-hydrogen) atoms. The van der Waals surface area contributed by atoms with Crippen molar-refractivity contribution in [2.24, 2.45) is 0 Å². The quantitative estimate of drug-likeness (QED) is 0.465. The van der Waals surface area contributed by atoms with Crippen LogP contribution in [-0.2, 0) is 11.3 Å². The van der Waals surface area contributed by atoms with E-state index in [4.69, 9.17) is 11.6 Å². The number of nitro groups is 1. The topological polar surface area (TPSA) is 63.5 Å². The summed E-state index contributed by atoms with van der Waals surface area (Å²) in [6.07, 6.45) is 2.74. The molecule has 5 nitrogen and oxygen atoms in total. The van der Waals surface area contributed by atoms with Crippen LogP contribution in [0.15, 0.2) is 48.5 Å². The predicted octanol–water partition coefficient (Wildman–Crippen LogP) is 4.06. The van der Waals surface area contributed by atoms with Gasteiger partial charge >= 0.3 is 0 Å². The molecule has 7 heteroatoms. The zero-order valence-corrected chi connectivity index (χ0v) is 13.5. The Labute approximate surface area is 143 Å². The standard InChI is InChI=1S/C17H14ClFN2O3/c1-20(11-14-15(18)6-3-7-16(14)19)17(22)9-8-12-4-2-5-13(10-12)21(23)24/h2-10H,11H2,1H3. The van der Waals surface area contributed by atoms with Crippen molar-refractivity contribution >= 4 is 29.3 Å². The van der Waals surface area contributed by atoms with Crippen LogP contribution < -0.4 is 0 Å². The Morgan fingerprint density at radius 2 is 2.04 bits per heavy atom. The molecule has 2 rings (SSSR count). The summed E-state index contributed by atoms with van der Waals surface area (Å²) >= 11 is 5.94. The molecule has 124 valence electrons. The number of likely N-dealkylation sites (N-methyl/N-ethyl adjacent to an activating group) is 1. The summed E-state index contributed by atoms with van der Waals surface area (Å²) in [5, 5.41) is 11.0. The Bertz CT molecular complexity index is 788. The van der Waals surface area contributed by atoms with Crippen LogP contribution in [0, 0.1) is 15.9 Å². The average molecular weight is 349 g/mol. The number of carbonyl (C=O) groups is 1. The number of carbonyl (C=O) groups excluding carboxylic acids is 1. The second-order valence-corrected chi connectivity index (χ2v) is 5.49. The molecule has 0 fully saturated rings. The van der Waals surface area contributed by atoms with Gasteiger partial charge in [-0.3, -0.25) is 14.9 Å². The number of nitro benzene ring substituents is 1. The average Bonchev–Trinajstić information content (AvgIpc) is 2.56. The third-order valence-corrected chi connectivity index (χ3v) is 3.69. The first-order valence-corrected chi connectivity index (χ1v) is 7.37. The van der Waals surface area contributed by atoms with Crippen molar-refractivity contribution in [2.75, 3.05) is 7.05 Å². The van der Waals surface area contributed by atoms with E-state index in [0.717, 1.165) is 0 Å². The molecule has 1 amide bonds. The summed E-state index contributed by atoms with van der Waals surface area (Å²) in [6, 6.07) is 10.2. The Morgan fingerprint density at radius 3 is 2.71 bits per heavy atom. The van der Waals surface area contributed by atoms with Gasteiger partial charge in [-0.05, 0) is 23.8 Å². The maximum absolute atomic E-state index is 13.7. The Morgan fingerprint density at radius 1 is 1.33 bits per heavy atom. The van der Waals surface area contributed by atoms with E-state index >= 15 is 0 Å². The molecule has 2 aromatic rings. The second-order valence-electron chi connectivity index (χ2n) is 5.08. The summed E-state index contributed by atoms with van der Waals surface area (Å²) in [6.45, 7) is 0.0175. The lowest BCUT2D eigenvalue weighted by Gasteiger charge is -2.16. The van der Waals surface area contributed by atoms with Crippen LogP contribution in [0.25, 0.3) is 6.08 Å². The van der Waals surface area contributed by atoms with E-state index in [1.165, 1.54) is 54.4 Å². The zero-order chi connectivity index (χ0) is 17.7. The van der Waals surface area contributed by atoms with Gasteiger partial charge < -0.3 is 4.90 Å². The molecule has 0 radical (unpaired) electrons. The molecule has 0 aliphatic heterocycles. The minimum atomic E-state index is -0.508. The number of non-ortho nitro benzene ring substituents is 1. The minimum absolute atomic E-state index is 0.0175. The van der Waals surface area contributed by atoms with Crippen molar-refractivity contribution in [3.05, 3.63) is 80.6 Å². The Kier molecular flexibility index (Phi) is 5.65. The highest BCUT2D eigenvalue weighted by Gasteiger charge is 2.12. The van der Waals surface area contributed by atoms with Gasteiger partial charge in [0, 0.05) is 42.4 Å². The Hall–Kier alpha value is -2.73. The number of nitrogens with zero attached hydrogens (tertiary/aromatic N) is 2. The molecule has 0 N–H and O–H groups in total. The van der Waals surface area contributed by atoms with E-state index in [2.05, 4.69) is 0 Å². The van der Waals surface area contributed by atoms with Crippen molar-refractivity contribution in [1.29, 1.82) is 0 Å². The van der Waals surface area contributed by atoms with Gasteiger partial charge in [0.1, 0.15) is 5.82 Å². The highest BCUT2D eigenvalue weighted by molar-refractivity contribution is 6.31. The number of hydrogen-bond donors (Lipinski definition) is 0. The molecule has 2 aromatic carbocycles. The predicted molar refractivity (Wildman–Crippen MR) is 90.0 cm³/mol. The summed E-state index contributed by atoms with van der Waals surface area (Å²) in [7, 11) is 1.52. The number of benzene rings is 2. The normalized spacial score (nSPS) is 10.8. The maximum Gasteiger partial charge on any atom is 0.270 e. The molecule has 0 aliphatic rings. The van der Waals surface area contributed by atoms with Crippen LogP contribution in [-0.4, -0.2) is 22.8 Å². The van der Waals surface area contributed by atoms with E-state index in [1.54, 1.807) is 12.1 Å². The molecule has 0 saturated carbocycles. The van der Waals surface area contributed by atoms with Crippen molar-refractivity contribution < 1.29 is 14.1 Å². The zero-order valence-electron chi connectivity index (χ0n) is 12.8. The molecule has 0 heterocycles. The molecule has 0 saturated heterocycles. The van der Waals surface area contributed by atoms with Crippen LogP contribution in [0.4, 0.5) is 10.1 Å². The van der Waals surface area contributed by atoms with Gasteiger partial charge in [-0.15, -0.1) is 0 Å². The van der Waals surface area contributed by atoms with Gasteiger partial charge in [0.15, 0.2) is 0 Å². The van der Waals surface area contributed by atoms with Crippen LogP contribution in [0.3, 0.4) is 0 Å². The van der Waals surface area contributed by atoms with E-state index in [1.807, 2.05) is 0 Å². The number of hydrogen-bond acceptors (Lipinski definition) is 3. The molecular formula is C17H14ClFN2O3. The first kappa shape index (κ1) is 17.6. The van der Waals surface area contributed by atoms with Gasteiger partial charge in [-0.1, -0.05) is 29.8 Å². The van der Waals surface area contributed by atoms with Crippen molar-refractivity contribution in [2.45, 2.75) is 6.54 Å². The van der Waals surface area contributed by atoms with Gasteiger partial charge in [-0.2, -0.15) is 0 Å². The molecule has 0 aromatic heterocycles. The number of halogens is 2. The molecule has 0 bridgehead atoms. The first-order valence-electron chi connectivity index (χ1n) is 6.99. The lowest BCUT2D eigenvalue weighted by Crippen LogP contribution is -2.24. The van der Waals surface area contributed by atoms with Crippen molar-refractivity contribution in [1.82, 2.24) is 4.90 Å². The lowest BCUT2D eigenvalue weighted by molar-refractivity contribution is -0.384. The molecule has 0 unspecified atom stereocenters. The fourth-order valence-corrected chi connectivity index (χ4v) is 2.26. The summed E-state index contributed by atoms with van der Waals surface area (Å²) in [5.41, 5.74) is 0.699. The SMILES string of the molecule is CN(Cc1c(F)cccc1Cl)C(=O)C=Cc1cccc([N+](=O)[O-])c1. The van der Waals surface area contributed by atoms with E-state index < -0.39 is 10.7 Å². The van der Waals surface area contributed by atoms with Gasteiger partial charge in [-0.25, -0.2) is 4.39 Å². The number of rotatable bonds is 5. The monoisotopic (exact) mass is 348 g/mol. The maximum atomic E-state index is 13.7. The molecular weight excluding hydrogens is 335 g/mol. The largest absolute Gasteiger partial charge is 0.338 e. The number of amides is 1. The van der Waals surface area contributed by atoms with Gasteiger partial charge in [0.2, 0.25) is 5.91 Å². The van der Waals surface area contributed by atoms with Crippen molar-refractivity contribution in [3.8, 4) is 0 Å². The molecule has 0 spiro atoms. The molecule has 0 aliphatic carbocycles. The van der Waals surface area contributed by atoms with Gasteiger partial charge in [0.05, 0.1) is 4.92 Å². The minimum Gasteiger partial charge on any atom is -0.338 e. The highest BCUT2D eigenvalue weighted by Crippen LogP contribution is 2.20. The summed E-state index contributed by atoms with van der Waals surface area (Å²) in [5.74, 6) is -0.856. The first-order chi connectivity index (χ1) is 11.4. The second kappa shape index (κ2) is 7.70. The fraction of sp³-hybridized carbons (Fsp3) is 0.118. The third kappa shape index (κ3) is 4.39. The van der Waals surface area contributed by atoms with Crippen molar-refractivity contribution in [3.63, 3.8) is 0 Å². The fourth-order valence-electron chi connectivity index (χ4n) is 2.04. The summed E-state index contributed by atoms with van der Waals surface area (Å²) < 4.78 is 13.7. The summed E-state index contributed by atoms with van der Waals surface area (Å²) in [4.78, 5) is 23.6. The van der Waals surface area contributed by atoms with Crippen LogP contribution in [0.1, 0.15) is 11.1 Å².